The number of carboxylic acid groups (broad SMARTS) is 1. The van der Waals surface area contributed by atoms with Crippen LogP contribution >= 0.6 is 11.8 Å². The lowest BCUT2D eigenvalue weighted by atomic mass is 10.2. The van der Waals surface area contributed by atoms with E-state index in [9.17, 15) is 18.0 Å². The van der Waals surface area contributed by atoms with E-state index < -0.39 is 11.5 Å². The summed E-state index contributed by atoms with van der Waals surface area (Å²) < 4.78 is 35.6. The summed E-state index contributed by atoms with van der Waals surface area (Å²) in [6, 6.07) is 2.89. The standard InChI is InChI=1S/C10H11F3N2O2S/c1-6-2-3-7(9(16)17)8(15-6)14-4-5-18-10(11,12)13/h2-3H,4-5H2,1H3,(H,14,15)(H,16,17). The largest absolute Gasteiger partial charge is 0.478 e. The average Bonchev–Trinajstić information content (AvgIpc) is 2.22. The third-order valence-corrected chi connectivity index (χ3v) is 2.66. The molecule has 0 fully saturated rings. The minimum absolute atomic E-state index is 0.0130. The van der Waals surface area contributed by atoms with Crippen molar-refractivity contribution in [1.29, 1.82) is 0 Å². The van der Waals surface area contributed by atoms with Crippen LogP contribution in [-0.4, -0.2) is 33.9 Å². The molecule has 8 heteroatoms. The van der Waals surface area contributed by atoms with E-state index in [-0.39, 0.29) is 35.4 Å². The molecule has 0 unspecified atom stereocenters. The Kier molecular flexibility index (Phi) is 4.83. The van der Waals surface area contributed by atoms with E-state index in [0.29, 0.717) is 5.69 Å². The molecule has 0 aliphatic heterocycles. The van der Waals surface area contributed by atoms with E-state index in [2.05, 4.69) is 10.3 Å². The highest BCUT2D eigenvalue weighted by Gasteiger charge is 2.27. The molecular formula is C10H11F3N2O2S. The second-order valence-corrected chi connectivity index (χ2v) is 4.53. The molecular weight excluding hydrogens is 269 g/mol. The average molecular weight is 280 g/mol. The van der Waals surface area contributed by atoms with Crippen molar-refractivity contribution in [3.8, 4) is 0 Å². The van der Waals surface area contributed by atoms with Crippen LogP contribution in [0.5, 0.6) is 0 Å². The molecule has 1 aromatic rings. The van der Waals surface area contributed by atoms with Crippen molar-refractivity contribution >= 4 is 23.5 Å². The molecule has 0 saturated carbocycles. The normalized spacial score (nSPS) is 11.3. The number of carboxylic acids is 1. The van der Waals surface area contributed by atoms with Gasteiger partial charge in [0.1, 0.15) is 11.4 Å². The van der Waals surface area contributed by atoms with Crippen molar-refractivity contribution in [3.63, 3.8) is 0 Å². The molecule has 0 bridgehead atoms. The molecule has 0 amide bonds. The second kappa shape index (κ2) is 5.94. The Labute approximate surface area is 106 Å². The third-order valence-electron chi connectivity index (χ3n) is 1.93. The first-order valence-electron chi connectivity index (χ1n) is 4.95. The van der Waals surface area contributed by atoms with Gasteiger partial charge < -0.3 is 10.4 Å². The van der Waals surface area contributed by atoms with Gasteiger partial charge in [0.2, 0.25) is 0 Å². The Hall–Kier alpha value is -1.44. The smallest absolute Gasteiger partial charge is 0.441 e. The molecule has 1 heterocycles. The van der Waals surface area contributed by atoms with Crippen LogP contribution in [0.15, 0.2) is 12.1 Å². The predicted molar refractivity (Wildman–Crippen MR) is 62.9 cm³/mol. The van der Waals surface area contributed by atoms with Crippen LogP contribution in [-0.2, 0) is 0 Å². The number of aromatic carboxylic acids is 1. The summed E-state index contributed by atoms with van der Waals surface area (Å²) in [5.74, 6) is -1.29. The number of aryl methyl sites for hydroxylation is 1. The fourth-order valence-corrected chi connectivity index (χ4v) is 1.64. The Bertz CT molecular complexity index is 438. The van der Waals surface area contributed by atoms with Crippen molar-refractivity contribution in [2.24, 2.45) is 0 Å². The summed E-state index contributed by atoms with van der Waals surface area (Å²) in [5, 5.41) is 11.5. The molecule has 100 valence electrons. The number of thioether (sulfide) groups is 1. The number of hydrogen-bond acceptors (Lipinski definition) is 4. The van der Waals surface area contributed by atoms with Gasteiger partial charge in [-0.15, -0.1) is 0 Å². The molecule has 0 atom stereocenters. The summed E-state index contributed by atoms with van der Waals surface area (Å²) in [6.07, 6.45) is 0. The molecule has 4 nitrogen and oxygen atoms in total. The topological polar surface area (TPSA) is 62.2 Å². The summed E-state index contributed by atoms with van der Waals surface area (Å²) in [6.45, 7) is 1.65. The van der Waals surface area contributed by atoms with Gasteiger partial charge in [0, 0.05) is 18.0 Å². The van der Waals surface area contributed by atoms with E-state index >= 15 is 0 Å². The highest BCUT2D eigenvalue weighted by Crippen LogP contribution is 2.29. The number of halogens is 3. The SMILES string of the molecule is Cc1ccc(C(=O)O)c(NCCSC(F)(F)F)n1. The van der Waals surface area contributed by atoms with Crippen molar-refractivity contribution in [3.05, 3.63) is 23.4 Å². The maximum absolute atomic E-state index is 11.9. The Morgan fingerprint density at radius 2 is 2.17 bits per heavy atom. The van der Waals surface area contributed by atoms with Crippen LogP contribution < -0.4 is 5.32 Å². The molecule has 1 aromatic heterocycles. The lowest BCUT2D eigenvalue weighted by molar-refractivity contribution is -0.0327. The van der Waals surface area contributed by atoms with E-state index in [1.807, 2.05) is 0 Å². The molecule has 18 heavy (non-hydrogen) atoms. The third kappa shape index (κ3) is 4.82. The van der Waals surface area contributed by atoms with E-state index in [4.69, 9.17) is 5.11 Å². The van der Waals surface area contributed by atoms with Crippen LogP contribution in [0.1, 0.15) is 16.1 Å². The van der Waals surface area contributed by atoms with Crippen molar-refractivity contribution < 1.29 is 23.1 Å². The fraction of sp³-hybridized carbons (Fsp3) is 0.400. The predicted octanol–water partition coefficient (Wildman–Crippen LogP) is 2.75. The van der Waals surface area contributed by atoms with E-state index in [1.165, 1.54) is 12.1 Å². The summed E-state index contributed by atoms with van der Waals surface area (Å²) >= 11 is -0.166. The summed E-state index contributed by atoms with van der Waals surface area (Å²) in [5.41, 5.74) is -3.75. The van der Waals surface area contributed by atoms with Gasteiger partial charge in [0.15, 0.2) is 0 Å². The van der Waals surface area contributed by atoms with Gasteiger partial charge in [-0.3, -0.25) is 0 Å². The monoisotopic (exact) mass is 280 g/mol. The first-order valence-corrected chi connectivity index (χ1v) is 5.93. The number of alkyl halides is 3. The first-order chi connectivity index (χ1) is 8.29. The Morgan fingerprint density at radius 1 is 1.50 bits per heavy atom. The van der Waals surface area contributed by atoms with E-state index in [1.54, 1.807) is 6.92 Å². The van der Waals surface area contributed by atoms with Crippen LogP contribution in [0.3, 0.4) is 0 Å². The summed E-state index contributed by atoms with van der Waals surface area (Å²) in [7, 11) is 0. The molecule has 2 N–H and O–H groups in total. The van der Waals surface area contributed by atoms with Crippen LogP contribution in [0.4, 0.5) is 19.0 Å². The molecule has 0 aliphatic rings. The van der Waals surface area contributed by atoms with Crippen LogP contribution in [0, 0.1) is 6.92 Å². The highest BCUT2D eigenvalue weighted by molar-refractivity contribution is 8.00. The van der Waals surface area contributed by atoms with Crippen molar-refractivity contribution in [2.75, 3.05) is 17.6 Å². The number of pyridine rings is 1. The van der Waals surface area contributed by atoms with Gasteiger partial charge in [-0.1, -0.05) is 0 Å². The van der Waals surface area contributed by atoms with Crippen molar-refractivity contribution in [1.82, 2.24) is 4.98 Å². The van der Waals surface area contributed by atoms with Crippen LogP contribution in [0.25, 0.3) is 0 Å². The lowest BCUT2D eigenvalue weighted by Gasteiger charge is -2.10. The fourth-order valence-electron chi connectivity index (χ4n) is 1.20. The maximum Gasteiger partial charge on any atom is 0.441 e. The second-order valence-electron chi connectivity index (χ2n) is 3.37. The minimum Gasteiger partial charge on any atom is -0.478 e. The van der Waals surface area contributed by atoms with Gasteiger partial charge in [-0.25, -0.2) is 9.78 Å². The molecule has 0 saturated heterocycles. The summed E-state index contributed by atoms with van der Waals surface area (Å²) in [4.78, 5) is 14.8. The molecule has 1 rings (SSSR count). The molecule has 0 aromatic carbocycles. The van der Waals surface area contributed by atoms with Gasteiger partial charge >= 0.3 is 11.5 Å². The number of hydrogen-bond donors (Lipinski definition) is 2. The number of rotatable bonds is 5. The Morgan fingerprint density at radius 3 is 2.72 bits per heavy atom. The molecule has 0 spiro atoms. The highest BCUT2D eigenvalue weighted by atomic mass is 32.2. The quantitative estimate of drug-likeness (QED) is 0.812. The zero-order valence-electron chi connectivity index (χ0n) is 9.41. The van der Waals surface area contributed by atoms with Gasteiger partial charge in [-0.05, 0) is 30.8 Å². The number of nitrogens with zero attached hydrogens (tertiary/aromatic N) is 1. The molecule has 0 radical (unpaired) electrons. The van der Waals surface area contributed by atoms with Gasteiger partial charge in [0.05, 0.1) is 0 Å². The Balaban J connectivity index is 2.61. The number of nitrogens with one attached hydrogen (secondary N) is 1. The minimum atomic E-state index is -4.28. The van der Waals surface area contributed by atoms with Crippen molar-refractivity contribution in [2.45, 2.75) is 12.4 Å². The van der Waals surface area contributed by atoms with E-state index in [0.717, 1.165) is 0 Å². The number of anilines is 1. The first kappa shape index (κ1) is 14.6. The maximum atomic E-state index is 11.9. The van der Waals surface area contributed by atoms with Crippen LogP contribution in [0.2, 0.25) is 0 Å². The zero-order chi connectivity index (χ0) is 13.8. The molecule has 0 aliphatic carbocycles. The van der Waals surface area contributed by atoms with Gasteiger partial charge in [-0.2, -0.15) is 13.2 Å². The number of aromatic nitrogens is 1. The van der Waals surface area contributed by atoms with Gasteiger partial charge in [0.25, 0.3) is 0 Å². The zero-order valence-corrected chi connectivity index (χ0v) is 10.2. The number of carbonyl (C=O) groups is 1. The lowest BCUT2D eigenvalue weighted by Crippen LogP contribution is -2.13.